The lowest BCUT2D eigenvalue weighted by atomic mass is 10.0. The van der Waals surface area contributed by atoms with E-state index in [1.54, 1.807) is 0 Å². The van der Waals surface area contributed by atoms with Gasteiger partial charge in [-0.3, -0.25) is 9.69 Å². The number of nitrogens with zero attached hydrogens (tertiary/aromatic N) is 2. The van der Waals surface area contributed by atoms with Crippen molar-refractivity contribution in [1.29, 1.82) is 0 Å². The number of rotatable bonds is 3. The van der Waals surface area contributed by atoms with Crippen LogP contribution >= 0.6 is 0 Å². The summed E-state index contributed by atoms with van der Waals surface area (Å²) in [6.45, 7) is 8.81. The Labute approximate surface area is 109 Å². The van der Waals surface area contributed by atoms with Crippen LogP contribution in [-0.2, 0) is 9.53 Å². The Kier molecular flexibility index (Phi) is 4.59. The number of nitrogens with two attached hydrogens (primary N) is 1. The molecule has 2 fully saturated rings. The minimum absolute atomic E-state index is 0.0214. The van der Waals surface area contributed by atoms with Gasteiger partial charge in [-0.2, -0.15) is 0 Å². The molecule has 104 valence electrons. The summed E-state index contributed by atoms with van der Waals surface area (Å²) < 4.78 is 5.28. The van der Waals surface area contributed by atoms with Crippen LogP contribution in [0.3, 0.4) is 0 Å². The molecule has 18 heavy (non-hydrogen) atoms. The summed E-state index contributed by atoms with van der Waals surface area (Å²) in [5, 5.41) is 0. The summed E-state index contributed by atoms with van der Waals surface area (Å²) in [4.78, 5) is 16.6. The summed E-state index contributed by atoms with van der Waals surface area (Å²) in [6.07, 6.45) is 1.11. The zero-order valence-electron chi connectivity index (χ0n) is 11.5. The Bertz CT molecular complexity index is 290. The number of hydrogen-bond donors (Lipinski definition) is 1. The molecule has 0 aromatic carbocycles. The number of amides is 1. The number of likely N-dealkylation sites (tertiary alicyclic amines) is 1. The van der Waals surface area contributed by atoms with Crippen LogP contribution in [0.15, 0.2) is 0 Å². The van der Waals surface area contributed by atoms with Gasteiger partial charge in [-0.15, -0.1) is 0 Å². The van der Waals surface area contributed by atoms with Gasteiger partial charge in [-0.1, -0.05) is 0 Å². The van der Waals surface area contributed by atoms with Crippen LogP contribution in [0, 0.1) is 5.92 Å². The molecule has 2 heterocycles. The van der Waals surface area contributed by atoms with E-state index in [0.717, 1.165) is 32.6 Å². The Balaban J connectivity index is 1.87. The molecule has 0 bridgehead atoms. The normalized spacial score (nSPS) is 29.3. The van der Waals surface area contributed by atoms with Crippen LogP contribution in [0.1, 0.15) is 20.3 Å². The maximum Gasteiger partial charge on any atom is 0.239 e. The minimum atomic E-state index is -0.0214. The molecule has 2 aliphatic rings. The largest absolute Gasteiger partial charge is 0.378 e. The van der Waals surface area contributed by atoms with Gasteiger partial charge >= 0.3 is 0 Å². The third-order valence-corrected chi connectivity index (χ3v) is 4.23. The van der Waals surface area contributed by atoms with Crippen LogP contribution in [0.5, 0.6) is 0 Å². The monoisotopic (exact) mass is 255 g/mol. The number of hydrogen-bond acceptors (Lipinski definition) is 4. The van der Waals surface area contributed by atoms with Gasteiger partial charge in [0.05, 0.1) is 19.3 Å². The molecule has 0 aromatic heterocycles. The second-order valence-electron chi connectivity index (χ2n) is 5.52. The van der Waals surface area contributed by atoms with Crippen molar-refractivity contribution in [3.63, 3.8) is 0 Å². The third kappa shape index (κ3) is 3.02. The fourth-order valence-electron chi connectivity index (χ4n) is 2.80. The van der Waals surface area contributed by atoms with Crippen molar-refractivity contribution < 1.29 is 9.53 Å². The summed E-state index contributed by atoms with van der Waals surface area (Å²) in [6, 6.07) is 0.201. The molecule has 3 unspecified atom stereocenters. The highest BCUT2D eigenvalue weighted by molar-refractivity contribution is 5.81. The van der Waals surface area contributed by atoms with Gasteiger partial charge in [-0.25, -0.2) is 0 Å². The van der Waals surface area contributed by atoms with Gasteiger partial charge in [0.2, 0.25) is 5.91 Å². The second-order valence-corrected chi connectivity index (χ2v) is 5.52. The highest BCUT2D eigenvalue weighted by Crippen LogP contribution is 2.21. The first-order chi connectivity index (χ1) is 8.59. The van der Waals surface area contributed by atoms with Crippen molar-refractivity contribution in [1.82, 2.24) is 9.80 Å². The van der Waals surface area contributed by atoms with Gasteiger partial charge in [0.15, 0.2) is 0 Å². The quantitative estimate of drug-likeness (QED) is 0.765. The van der Waals surface area contributed by atoms with Gasteiger partial charge < -0.3 is 15.4 Å². The topological polar surface area (TPSA) is 58.8 Å². The molecule has 2 saturated heterocycles. The summed E-state index contributed by atoms with van der Waals surface area (Å²) >= 11 is 0. The Morgan fingerprint density at radius 1 is 1.28 bits per heavy atom. The molecule has 0 saturated carbocycles. The van der Waals surface area contributed by atoms with E-state index in [9.17, 15) is 4.79 Å². The molecule has 2 rings (SSSR count). The molecular formula is C13H25N3O2. The van der Waals surface area contributed by atoms with E-state index in [4.69, 9.17) is 10.5 Å². The Morgan fingerprint density at radius 2 is 1.94 bits per heavy atom. The Morgan fingerprint density at radius 3 is 2.50 bits per heavy atom. The minimum Gasteiger partial charge on any atom is -0.378 e. The van der Waals surface area contributed by atoms with Crippen molar-refractivity contribution in [3.8, 4) is 0 Å². The van der Waals surface area contributed by atoms with Gasteiger partial charge in [-0.05, 0) is 32.7 Å². The predicted octanol–water partition coefficient (Wildman–Crippen LogP) is -0.0972. The van der Waals surface area contributed by atoms with Gasteiger partial charge in [0.25, 0.3) is 0 Å². The molecule has 2 aliphatic heterocycles. The smallest absolute Gasteiger partial charge is 0.239 e. The average molecular weight is 255 g/mol. The van der Waals surface area contributed by atoms with E-state index in [1.165, 1.54) is 0 Å². The maximum absolute atomic E-state index is 12.4. The van der Waals surface area contributed by atoms with Crippen molar-refractivity contribution in [2.75, 3.05) is 39.4 Å². The van der Waals surface area contributed by atoms with E-state index >= 15 is 0 Å². The molecule has 5 nitrogen and oxygen atoms in total. The van der Waals surface area contributed by atoms with E-state index < -0.39 is 0 Å². The van der Waals surface area contributed by atoms with Gasteiger partial charge in [0, 0.05) is 25.7 Å². The van der Waals surface area contributed by atoms with E-state index in [-0.39, 0.29) is 18.0 Å². The van der Waals surface area contributed by atoms with E-state index in [2.05, 4.69) is 11.8 Å². The van der Waals surface area contributed by atoms with E-state index in [1.807, 2.05) is 11.8 Å². The number of ether oxygens (including phenoxy) is 1. The lowest BCUT2D eigenvalue weighted by Crippen LogP contribution is -2.50. The zero-order chi connectivity index (χ0) is 13.1. The van der Waals surface area contributed by atoms with Crippen molar-refractivity contribution in [3.05, 3.63) is 0 Å². The molecule has 3 atom stereocenters. The fourth-order valence-corrected chi connectivity index (χ4v) is 2.80. The predicted molar refractivity (Wildman–Crippen MR) is 70.2 cm³/mol. The average Bonchev–Trinajstić information content (AvgIpc) is 2.88. The highest BCUT2D eigenvalue weighted by Gasteiger charge is 2.33. The standard InChI is InChI=1S/C13H25N3O2/c1-10(14)12-3-4-16(9-12)11(2)13(17)15-5-7-18-8-6-15/h10-12H,3-9,14H2,1-2H3. The Hall–Kier alpha value is -0.650. The molecule has 1 amide bonds. The van der Waals surface area contributed by atoms with Gasteiger partial charge in [0.1, 0.15) is 0 Å². The SMILES string of the molecule is CC(N)C1CCN(C(C)C(=O)N2CCOCC2)C1. The molecule has 0 aliphatic carbocycles. The van der Waals surface area contributed by atoms with Crippen molar-refractivity contribution >= 4 is 5.91 Å². The molecule has 2 N–H and O–H groups in total. The summed E-state index contributed by atoms with van der Waals surface area (Å²) in [5.41, 5.74) is 5.94. The van der Waals surface area contributed by atoms with Crippen LogP contribution in [-0.4, -0.2) is 67.2 Å². The zero-order valence-corrected chi connectivity index (χ0v) is 11.5. The fraction of sp³-hybridized carbons (Fsp3) is 0.923. The van der Waals surface area contributed by atoms with Crippen molar-refractivity contribution in [2.45, 2.75) is 32.4 Å². The molecular weight excluding hydrogens is 230 g/mol. The van der Waals surface area contributed by atoms with Crippen LogP contribution in [0.25, 0.3) is 0 Å². The number of morpholine rings is 1. The van der Waals surface area contributed by atoms with E-state index in [0.29, 0.717) is 19.1 Å². The lowest BCUT2D eigenvalue weighted by molar-refractivity contribution is -0.140. The van der Waals surface area contributed by atoms with Crippen LogP contribution < -0.4 is 5.73 Å². The molecule has 0 spiro atoms. The van der Waals surface area contributed by atoms with Crippen molar-refractivity contribution in [2.24, 2.45) is 11.7 Å². The lowest BCUT2D eigenvalue weighted by Gasteiger charge is -2.32. The first-order valence-corrected chi connectivity index (χ1v) is 6.95. The first-order valence-electron chi connectivity index (χ1n) is 6.95. The third-order valence-electron chi connectivity index (χ3n) is 4.23. The molecule has 0 radical (unpaired) electrons. The molecule has 0 aromatic rings. The second kappa shape index (κ2) is 5.99. The highest BCUT2D eigenvalue weighted by atomic mass is 16.5. The number of carbonyl (C=O) groups is 1. The summed E-state index contributed by atoms with van der Waals surface area (Å²) in [7, 11) is 0. The molecule has 5 heteroatoms. The van der Waals surface area contributed by atoms with Crippen LogP contribution in [0.4, 0.5) is 0 Å². The van der Waals surface area contributed by atoms with Crippen LogP contribution in [0.2, 0.25) is 0 Å². The number of carbonyl (C=O) groups excluding carboxylic acids is 1. The summed E-state index contributed by atoms with van der Waals surface area (Å²) in [5.74, 6) is 0.772. The maximum atomic E-state index is 12.4. The first kappa shape index (κ1) is 13.8.